The number of hydrogen-bond acceptors (Lipinski definition) is 2. The summed E-state index contributed by atoms with van der Waals surface area (Å²) in [4.78, 5) is 0. The van der Waals surface area contributed by atoms with E-state index >= 15 is 0 Å². The van der Waals surface area contributed by atoms with E-state index in [9.17, 15) is 5.11 Å². The SMILES string of the molecule is CC(C)c1ccccc1Nc1cc(C(C)(C)C)cc(C(C)(C)C)c1O. The lowest BCUT2D eigenvalue weighted by Crippen LogP contribution is -2.17. The van der Waals surface area contributed by atoms with Crippen molar-refractivity contribution in [2.75, 3.05) is 5.32 Å². The van der Waals surface area contributed by atoms with Crippen LogP contribution in [0.1, 0.15) is 78.0 Å². The number of rotatable bonds is 3. The molecule has 0 saturated carbocycles. The van der Waals surface area contributed by atoms with E-state index in [0.717, 1.165) is 16.9 Å². The van der Waals surface area contributed by atoms with Crippen molar-refractivity contribution in [3.8, 4) is 5.75 Å². The van der Waals surface area contributed by atoms with Gasteiger partial charge in [0.1, 0.15) is 5.75 Å². The van der Waals surface area contributed by atoms with Crippen molar-refractivity contribution >= 4 is 11.4 Å². The molecule has 0 unspecified atom stereocenters. The van der Waals surface area contributed by atoms with Crippen LogP contribution in [0, 0.1) is 0 Å². The van der Waals surface area contributed by atoms with E-state index in [4.69, 9.17) is 0 Å². The molecule has 0 bridgehead atoms. The van der Waals surface area contributed by atoms with E-state index in [1.807, 2.05) is 6.07 Å². The third-order valence-electron chi connectivity index (χ3n) is 4.64. The molecule has 2 aromatic rings. The van der Waals surface area contributed by atoms with E-state index in [-0.39, 0.29) is 10.8 Å². The second kappa shape index (κ2) is 6.74. The summed E-state index contributed by atoms with van der Waals surface area (Å²) in [5.74, 6) is 0.762. The maximum atomic E-state index is 10.9. The summed E-state index contributed by atoms with van der Waals surface area (Å²) < 4.78 is 0. The molecule has 0 fully saturated rings. The number of para-hydroxylation sites is 1. The zero-order valence-electron chi connectivity index (χ0n) is 17.0. The van der Waals surface area contributed by atoms with Crippen molar-refractivity contribution < 1.29 is 5.11 Å². The normalized spacial score (nSPS) is 12.5. The Morgan fingerprint density at radius 3 is 1.96 bits per heavy atom. The van der Waals surface area contributed by atoms with E-state index < -0.39 is 0 Å². The molecule has 2 nitrogen and oxygen atoms in total. The average Bonchev–Trinajstić information content (AvgIpc) is 2.47. The van der Waals surface area contributed by atoms with Crippen LogP contribution in [0.2, 0.25) is 0 Å². The van der Waals surface area contributed by atoms with Gasteiger partial charge >= 0.3 is 0 Å². The van der Waals surface area contributed by atoms with E-state index in [1.54, 1.807) is 0 Å². The van der Waals surface area contributed by atoms with Crippen molar-refractivity contribution in [3.05, 3.63) is 53.1 Å². The quantitative estimate of drug-likeness (QED) is 0.599. The molecule has 2 heteroatoms. The molecule has 25 heavy (non-hydrogen) atoms. The summed E-state index contributed by atoms with van der Waals surface area (Å²) in [7, 11) is 0. The van der Waals surface area contributed by atoms with Crippen molar-refractivity contribution in [1.82, 2.24) is 0 Å². The van der Waals surface area contributed by atoms with E-state index in [0.29, 0.717) is 11.7 Å². The molecule has 2 rings (SSSR count). The summed E-state index contributed by atoms with van der Waals surface area (Å²) in [6.07, 6.45) is 0. The van der Waals surface area contributed by atoms with Crippen LogP contribution >= 0.6 is 0 Å². The lowest BCUT2D eigenvalue weighted by molar-refractivity contribution is 0.447. The first-order valence-electron chi connectivity index (χ1n) is 9.15. The molecule has 0 aliphatic rings. The number of aromatic hydroxyl groups is 1. The maximum absolute atomic E-state index is 10.9. The van der Waals surface area contributed by atoms with Gasteiger partial charge in [0.05, 0.1) is 5.69 Å². The lowest BCUT2D eigenvalue weighted by Gasteiger charge is -2.28. The highest BCUT2D eigenvalue weighted by molar-refractivity contribution is 5.72. The number of hydrogen-bond donors (Lipinski definition) is 2. The summed E-state index contributed by atoms with van der Waals surface area (Å²) in [6.45, 7) is 17.4. The standard InChI is InChI=1S/C23H33NO/c1-15(2)17-11-9-10-12-19(17)24-20-14-16(22(3,4)5)13-18(21(20)25)23(6,7)8/h9-15,24-25H,1-8H3. The van der Waals surface area contributed by atoms with Gasteiger partial charge in [-0.2, -0.15) is 0 Å². The zero-order valence-corrected chi connectivity index (χ0v) is 17.0. The van der Waals surface area contributed by atoms with Crippen LogP contribution < -0.4 is 5.32 Å². The number of nitrogens with one attached hydrogen (secondary N) is 1. The van der Waals surface area contributed by atoms with Gasteiger partial charge in [-0.1, -0.05) is 79.7 Å². The zero-order chi connectivity index (χ0) is 19.0. The molecule has 0 aromatic heterocycles. The van der Waals surface area contributed by atoms with Gasteiger partial charge < -0.3 is 10.4 Å². The minimum absolute atomic E-state index is 0.0156. The van der Waals surface area contributed by atoms with Gasteiger partial charge in [-0.25, -0.2) is 0 Å². The average molecular weight is 340 g/mol. The molecule has 2 N–H and O–H groups in total. The second-order valence-electron chi connectivity index (χ2n) is 9.29. The first-order valence-corrected chi connectivity index (χ1v) is 9.15. The topological polar surface area (TPSA) is 32.3 Å². The predicted octanol–water partition coefficient (Wildman–Crippen LogP) is 6.85. The first-order chi connectivity index (χ1) is 11.4. The van der Waals surface area contributed by atoms with Gasteiger partial charge in [0.15, 0.2) is 0 Å². The molecule has 0 amide bonds. The Hall–Kier alpha value is -1.96. The van der Waals surface area contributed by atoms with Crippen molar-refractivity contribution in [1.29, 1.82) is 0 Å². The Balaban J connectivity index is 2.62. The van der Waals surface area contributed by atoms with Crippen LogP contribution in [0.25, 0.3) is 0 Å². The van der Waals surface area contributed by atoms with Crippen LogP contribution in [0.3, 0.4) is 0 Å². The Labute approximate surface area is 153 Å². The highest BCUT2D eigenvalue weighted by Crippen LogP contribution is 2.42. The summed E-state index contributed by atoms with van der Waals surface area (Å²) in [5.41, 5.74) is 5.18. The van der Waals surface area contributed by atoms with E-state index in [1.165, 1.54) is 11.1 Å². The predicted molar refractivity (Wildman–Crippen MR) is 109 cm³/mol. The van der Waals surface area contributed by atoms with Crippen LogP contribution in [0.15, 0.2) is 36.4 Å². The Morgan fingerprint density at radius 1 is 0.840 bits per heavy atom. The van der Waals surface area contributed by atoms with Crippen molar-refractivity contribution in [3.63, 3.8) is 0 Å². The van der Waals surface area contributed by atoms with Crippen LogP contribution in [0.5, 0.6) is 5.75 Å². The summed E-state index contributed by atoms with van der Waals surface area (Å²) in [6, 6.07) is 12.5. The first kappa shape index (κ1) is 19.4. The molecule has 2 aromatic carbocycles. The number of phenols is 1. The maximum Gasteiger partial charge on any atom is 0.142 e. The molecule has 0 saturated heterocycles. The van der Waals surface area contributed by atoms with Crippen LogP contribution in [-0.4, -0.2) is 5.11 Å². The van der Waals surface area contributed by atoms with Gasteiger partial charge in [0.2, 0.25) is 0 Å². The number of phenolic OH excluding ortho intramolecular Hbond substituents is 1. The van der Waals surface area contributed by atoms with Gasteiger partial charge in [-0.15, -0.1) is 0 Å². The molecule has 0 aliphatic carbocycles. The minimum Gasteiger partial charge on any atom is -0.505 e. The molecule has 0 aliphatic heterocycles. The molecule has 0 radical (unpaired) electrons. The third kappa shape index (κ3) is 4.36. The molecule has 0 heterocycles. The smallest absolute Gasteiger partial charge is 0.142 e. The molecule has 0 spiro atoms. The lowest BCUT2D eigenvalue weighted by atomic mass is 9.79. The fourth-order valence-electron chi connectivity index (χ4n) is 2.99. The van der Waals surface area contributed by atoms with E-state index in [2.05, 4.69) is 91.0 Å². The Kier molecular flexibility index (Phi) is 5.22. The van der Waals surface area contributed by atoms with Gasteiger partial charge in [0, 0.05) is 11.3 Å². The minimum atomic E-state index is -0.126. The van der Waals surface area contributed by atoms with Gasteiger partial charge in [-0.05, 0) is 40.0 Å². The highest BCUT2D eigenvalue weighted by Gasteiger charge is 2.25. The molecule has 136 valence electrons. The van der Waals surface area contributed by atoms with Crippen molar-refractivity contribution in [2.45, 2.75) is 72.1 Å². The molecular formula is C23H33NO. The largest absolute Gasteiger partial charge is 0.505 e. The number of benzene rings is 2. The van der Waals surface area contributed by atoms with Crippen LogP contribution in [-0.2, 0) is 10.8 Å². The highest BCUT2D eigenvalue weighted by atomic mass is 16.3. The number of anilines is 2. The fourth-order valence-corrected chi connectivity index (χ4v) is 2.99. The third-order valence-corrected chi connectivity index (χ3v) is 4.64. The fraction of sp³-hybridized carbons (Fsp3) is 0.478. The van der Waals surface area contributed by atoms with Crippen molar-refractivity contribution in [2.24, 2.45) is 0 Å². The van der Waals surface area contributed by atoms with Gasteiger partial charge in [0.25, 0.3) is 0 Å². The van der Waals surface area contributed by atoms with Gasteiger partial charge in [-0.3, -0.25) is 0 Å². The Morgan fingerprint density at radius 2 is 1.44 bits per heavy atom. The molecular weight excluding hydrogens is 306 g/mol. The Bertz CT molecular complexity index is 746. The molecule has 0 atom stereocenters. The second-order valence-corrected chi connectivity index (χ2v) is 9.29. The summed E-state index contributed by atoms with van der Waals surface area (Å²) in [5, 5.41) is 14.4. The monoisotopic (exact) mass is 339 g/mol. The van der Waals surface area contributed by atoms with Crippen LogP contribution in [0.4, 0.5) is 11.4 Å². The summed E-state index contributed by atoms with van der Waals surface area (Å²) >= 11 is 0.